The molecule has 1 unspecified atom stereocenters. The highest BCUT2D eigenvalue weighted by molar-refractivity contribution is 5.89. The molecule has 0 bridgehead atoms. The number of methoxy groups -OCH3 is 1. The van der Waals surface area contributed by atoms with E-state index in [9.17, 15) is 4.79 Å². The van der Waals surface area contributed by atoms with Gasteiger partial charge in [-0.05, 0) is 18.6 Å². The molecule has 1 atom stereocenters. The van der Waals surface area contributed by atoms with E-state index in [1.807, 2.05) is 18.2 Å². The molecule has 2 rings (SSSR count). The van der Waals surface area contributed by atoms with Crippen molar-refractivity contribution in [1.29, 1.82) is 0 Å². The maximum Gasteiger partial charge on any atom is 0.414 e. The van der Waals surface area contributed by atoms with Gasteiger partial charge >= 0.3 is 6.09 Å². The van der Waals surface area contributed by atoms with E-state index in [2.05, 4.69) is 0 Å². The van der Waals surface area contributed by atoms with Crippen LogP contribution in [0.3, 0.4) is 0 Å². The second-order valence-electron chi connectivity index (χ2n) is 4.14. The molecule has 1 fully saturated rings. The van der Waals surface area contributed by atoms with E-state index in [0.29, 0.717) is 18.8 Å². The number of aliphatic hydroxyl groups is 1. The predicted octanol–water partition coefficient (Wildman–Crippen LogP) is 1.79. The normalized spacial score (nSPS) is 19.6. The lowest BCUT2D eigenvalue weighted by atomic mass is 10.1. The Morgan fingerprint density at radius 1 is 1.56 bits per heavy atom. The quantitative estimate of drug-likeness (QED) is 0.886. The monoisotopic (exact) mass is 251 g/mol. The number of amides is 1. The van der Waals surface area contributed by atoms with Gasteiger partial charge in [0.2, 0.25) is 0 Å². The molecule has 1 N–H and O–H groups in total. The van der Waals surface area contributed by atoms with E-state index in [1.165, 1.54) is 0 Å². The molecule has 0 aliphatic carbocycles. The lowest BCUT2D eigenvalue weighted by Crippen LogP contribution is -2.46. The number of carbonyl (C=O) groups is 1. The van der Waals surface area contributed by atoms with E-state index >= 15 is 0 Å². The van der Waals surface area contributed by atoms with Crippen LogP contribution >= 0.6 is 0 Å². The molecular formula is C13H17NO4. The highest BCUT2D eigenvalue weighted by Gasteiger charge is 2.30. The van der Waals surface area contributed by atoms with Crippen molar-refractivity contribution in [3.05, 3.63) is 24.3 Å². The standard InChI is InChI=1S/C13H17NO4/c1-17-12-4-2-3-11(9-12)14-10(5-7-15)6-8-18-13(14)16/h2-4,9-10,15H,5-8H2,1H3. The summed E-state index contributed by atoms with van der Waals surface area (Å²) >= 11 is 0. The highest BCUT2D eigenvalue weighted by Crippen LogP contribution is 2.27. The van der Waals surface area contributed by atoms with Crippen LogP contribution in [0.2, 0.25) is 0 Å². The van der Waals surface area contributed by atoms with Crippen molar-refractivity contribution >= 4 is 11.8 Å². The average Bonchev–Trinajstić information content (AvgIpc) is 2.39. The van der Waals surface area contributed by atoms with Crippen LogP contribution < -0.4 is 9.64 Å². The maximum atomic E-state index is 11.9. The van der Waals surface area contributed by atoms with Crippen LogP contribution in [0.15, 0.2) is 24.3 Å². The van der Waals surface area contributed by atoms with Gasteiger partial charge in [-0.2, -0.15) is 0 Å². The van der Waals surface area contributed by atoms with Crippen LogP contribution in [0.5, 0.6) is 5.75 Å². The molecule has 98 valence electrons. The molecule has 0 spiro atoms. The summed E-state index contributed by atoms with van der Waals surface area (Å²) in [5.74, 6) is 0.689. The number of nitrogens with zero attached hydrogens (tertiary/aromatic N) is 1. The molecule has 1 aliphatic heterocycles. The summed E-state index contributed by atoms with van der Waals surface area (Å²) < 4.78 is 10.2. The molecule has 1 heterocycles. The van der Waals surface area contributed by atoms with Crippen molar-refractivity contribution in [2.45, 2.75) is 18.9 Å². The molecule has 0 radical (unpaired) electrons. The lowest BCUT2D eigenvalue weighted by molar-refractivity contribution is 0.124. The molecule has 1 saturated heterocycles. The van der Waals surface area contributed by atoms with Crippen molar-refractivity contribution in [1.82, 2.24) is 0 Å². The lowest BCUT2D eigenvalue weighted by Gasteiger charge is -2.34. The van der Waals surface area contributed by atoms with Crippen LogP contribution in [-0.2, 0) is 4.74 Å². The largest absolute Gasteiger partial charge is 0.497 e. The summed E-state index contributed by atoms with van der Waals surface area (Å²) in [4.78, 5) is 13.4. The van der Waals surface area contributed by atoms with Crippen LogP contribution in [0.25, 0.3) is 0 Å². The molecule has 5 heteroatoms. The summed E-state index contributed by atoms with van der Waals surface area (Å²) in [6.45, 7) is 0.461. The summed E-state index contributed by atoms with van der Waals surface area (Å²) in [5.41, 5.74) is 0.734. The van der Waals surface area contributed by atoms with Gasteiger partial charge in [0.15, 0.2) is 0 Å². The van der Waals surface area contributed by atoms with Crippen molar-refractivity contribution < 1.29 is 19.4 Å². The summed E-state index contributed by atoms with van der Waals surface area (Å²) in [6, 6.07) is 7.24. The highest BCUT2D eigenvalue weighted by atomic mass is 16.6. The second kappa shape index (κ2) is 5.73. The summed E-state index contributed by atoms with van der Waals surface area (Å²) in [6.07, 6.45) is 0.906. The molecule has 1 aromatic carbocycles. The fourth-order valence-corrected chi connectivity index (χ4v) is 2.13. The Labute approximate surface area is 106 Å². The number of benzene rings is 1. The Kier molecular flexibility index (Phi) is 4.04. The first-order valence-corrected chi connectivity index (χ1v) is 5.97. The third kappa shape index (κ3) is 2.56. The van der Waals surface area contributed by atoms with Gasteiger partial charge in [-0.25, -0.2) is 4.79 Å². The van der Waals surface area contributed by atoms with E-state index < -0.39 is 0 Å². The number of rotatable bonds is 4. The SMILES string of the molecule is COc1cccc(N2C(=O)OCCC2CCO)c1. The number of hydrogen-bond donors (Lipinski definition) is 1. The van der Waals surface area contributed by atoms with Crippen LogP contribution in [0.4, 0.5) is 10.5 Å². The first-order chi connectivity index (χ1) is 8.76. The number of aliphatic hydroxyl groups excluding tert-OH is 1. The van der Waals surface area contributed by atoms with E-state index in [4.69, 9.17) is 14.6 Å². The minimum atomic E-state index is -0.368. The first-order valence-electron chi connectivity index (χ1n) is 5.97. The van der Waals surface area contributed by atoms with Gasteiger partial charge in [0.1, 0.15) is 5.75 Å². The number of anilines is 1. The summed E-state index contributed by atoms with van der Waals surface area (Å²) in [5, 5.41) is 9.07. The van der Waals surface area contributed by atoms with E-state index in [-0.39, 0.29) is 18.7 Å². The fourth-order valence-electron chi connectivity index (χ4n) is 2.13. The van der Waals surface area contributed by atoms with Gasteiger partial charge in [-0.15, -0.1) is 0 Å². The number of cyclic esters (lactones) is 1. The van der Waals surface area contributed by atoms with Crippen molar-refractivity contribution in [2.75, 3.05) is 25.2 Å². The number of ether oxygens (including phenoxy) is 2. The molecule has 1 aromatic rings. The molecule has 1 aliphatic rings. The maximum absolute atomic E-state index is 11.9. The third-order valence-electron chi connectivity index (χ3n) is 3.03. The Hall–Kier alpha value is -1.75. The van der Waals surface area contributed by atoms with Crippen LogP contribution in [0.1, 0.15) is 12.8 Å². The van der Waals surface area contributed by atoms with Gasteiger partial charge in [0.05, 0.1) is 19.4 Å². The second-order valence-corrected chi connectivity index (χ2v) is 4.14. The van der Waals surface area contributed by atoms with E-state index in [0.717, 1.165) is 12.1 Å². The van der Waals surface area contributed by atoms with Gasteiger partial charge in [-0.1, -0.05) is 6.07 Å². The molecule has 0 aromatic heterocycles. The topological polar surface area (TPSA) is 59.0 Å². The van der Waals surface area contributed by atoms with Gasteiger partial charge in [-0.3, -0.25) is 4.90 Å². The Balaban J connectivity index is 2.27. The predicted molar refractivity (Wildman–Crippen MR) is 66.9 cm³/mol. The summed E-state index contributed by atoms with van der Waals surface area (Å²) in [7, 11) is 1.58. The Morgan fingerprint density at radius 2 is 2.39 bits per heavy atom. The molecular weight excluding hydrogens is 234 g/mol. The average molecular weight is 251 g/mol. The van der Waals surface area contributed by atoms with Crippen molar-refractivity contribution in [3.8, 4) is 5.75 Å². The molecule has 18 heavy (non-hydrogen) atoms. The molecule has 1 amide bonds. The Bertz CT molecular complexity index is 419. The third-order valence-corrected chi connectivity index (χ3v) is 3.03. The van der Waals surface area contributed by atoms with Gasteiger partial charge in [0, 0.05) is 25.1 Å². The van der Waals surface area contributed by atoms with Gasteiger partial charge in [0.25, 0.3) is 0 Å². The fraction of sp³-hybridized carbons (Fsp3) is 0.462. The zero-order valence-corrected chi connectivity index (χ0v) is 10.3. The van der Waals surface area contributed by atoms with Gasteiger partial charge < -0.3 is 14.6 Å². The van der Waals surface area contributed by atoms with E-state index in [1.54, 1.807) is 18.1 Å². The first kappa shape index (κ1) is 12.7. The zero-order valence-electron chi connectivity index (χ0n) is 10.3. The minimum absolute atomic E-state index is 0.0247. The Morgan fingerprint density at radius 3 is 3.11 bits per heavy atom. The van der Waals surface area contributed by atoms with Crippen LogP contribution in [-0.4, -0.2) is 37.6 Å². The molecule has 0 saturated carbocycles. The zero-order chi connectivity index (χ0) is 13.0. The van der Waals surface area contributed by atoms with Crippen molar-refractivity contribution in [3.63, 3.8) is 0 Å². The number of hydrogen-bond acceptors (Lipinski definition) is 4. The van der Waals surface area contributed by atoms with Crippen molar-refractivity contribution in [2.24, 2.45) is 0 Å². The number of carbonyl (C=O) groups excluding carboxylic acids is 1. The minimum Gasteiger partial charge on any atom is -0.497 e. The smallest absolute Gasteiger partial charge is 0.414 e. The van der Waals surface area contributed by atoms with Crippen LogP contribution in [0, 0.1) is 0 Å². The molecule has 5 nitrogen and oxygen atoms in total.